The Morgan fingerprint density at radius 2 is 1.89 bits per heavy atom. The van der Waals surface area contributed by atoms with E-state index in [0.29, 0.717) is 0 Å². The van der Waals surface area contributed by atoms with Crippen LogP contribution in [0.4, 0.5) is 5.69 Å². The molecular weight excluding hydrogens is 232 g/mol. The van der Waals surface area contributed by atoms with Gasteiger partial charge in [0.15, 0.2) is 0 Å². The third-order valence-electron chi connectivity index (χ3n) is 5.51. The summed E-state index contributed by atoms with van der Waals surface area (Å²) in [4.78, 5) is 2.71. The van der Waals surface area contributed by atoms with Crippen molar-refractivity contribution in [2.45, 2.75) is 62.9 Å². The molecule has 1 aliphatic heterocycles. The van der Waals surface area contributed by atoms with Crippen LogP contribution in [-0.4, -0.2) is 12.6 Å². The van der Waals surface area contributed by atoms with Crippen molar-refractivity contribution in [3.8, 4) is 0 Å². The molecule has 0 bridgehead atoms. The number of hydrogen-bond acceptors (Lipinski definition) is 2. The monoisotopic (exact) mass is 256 g/mol. The van der Waals surface area contributed by atoms with Crippen LogP contribution >= 0.6 is 0 Å². The van der Waals surface area contributed by atoms with E-state index in [1.54, 1.807) is 5.56 Å². The second kappa shape index (κ2) is 4.52. The summed E-state index contributed by atoms with van der Waals surface area (Å²) in [5.41, 5.74) is 10.9. The second-order valence-electron chi connectivity index (χ2n) is 6.59. The van der Waals surface area contributed by atoms with E-state index >= 15 is 0 Å². The van der Waals surface area contributed by atoms with Crippen LogP contribution < -0.4 is 10.6 Å². The first kappa shape index (κ1) is 11.8. The maximum atomic E-state index is 6.31. The van der Waals surface area contributed by atoms with Crippen LogP contribution in [0.3, 0.4) is 0 Å². The second-order valence-corrected chi connectivity index (χ2v) is 6.59. The van der Waals surface area contributed by atoms with Crippen LogP contribution in [0.5, 0.6) is 0 Å². The number of nitrogens with zero attached hydrogens (tertiary/aromatic N) is 1. The summed E-state index contributed by atoms with van der Waals surface area (Å²) in [6, 6.07) is 7.90. The smallest absolute Gasteiger partial charge is 0.0407 e. The Morgan fingerprint density at radius 1 is 1.05 bits per heavy atom. The predicted molar refractivity (Wildman–Crippen MR) is 79.6 cm³/mol. The molecule has 1 aromatic carbocycles. The lowest BCUT2D eigenvalue weighted by molar-refractivity contribution is 0.399. The Bertz CT molecular complexity index is 476. The van der Waals surface area contributed by atoms with Gasteiger partial charge >= 0.3 is 0 Å². The zero-order valence-electron chi connectivity index (χ0n) is 11.6. The van der Waals surface area contributed by atoms with E-state index in [1.165, 1.54) is 62.7 Å². The minimum absolute atomic E-state index is 0.284. The fraction of sp³-hybridized carbons (Fsp3) is 0.647. The highest BCUT2D eigenvalue weighted by Crippen LogP contribution is 2.49. The SMILES string of the molecule is NC1CC2CCN(C3CCCCC3)c3cccc1c32. The fourth-order valence-electron chi connectivity index (χ4n) is 4.59. The van der Waals surface area contributed by atoms with Crippen molar-refractivity contribution in [2.24, 2.45) is 5.73 Å². The zero-order valence-corrected chi connectivity index (χ0v) is 11.6. The molecule has 2 heteroatoms. The van der Waals surface area contributed by atoms with Crippen molar-refractivity contribution in [1.29, 1.82) is 0 Å². The molecule has 2 N–H and O–H groups in total. The molecule has 0 spiro atoms. The summed E-state index contributed by atoms with van der Waals surface area (Å²) >= 11 is 0. The average Bonchev–Trinajstić information content (AvgIpc) is 2.79. The molecule has 2 atom stereocenters. The van der Waals surface area contributed by atoms with Crippen LogP contribution in [0.25, 0.3) is 0 Å². The Morgan fingerprint density at radius 3 is 2.74 bits per heavy atom. The van der Waals surface area contributed by atoms with Crippen LogP contribution in [0.1, 0.15) is 68.0 Å². The number of rotatable bonds is 1. The molecule has 0 aromatic heterocycles. The summed E-state index contributed by atoms with van der Waals surface area (Å²) in [6.07, 6.45) is 9.53. The van der Waals surface area contributed by atoms with Gasteiger partial charge in [0.05, 0.1) is 0 Å². The quantitative estimate of drug-likeness (QED) is 0.830. The van der Waals surface area contributed by atoms with E-state index in [0.717, 1.165) is 12.0 Å². The molecular formula is C17H24N2. The first-order valence-electron chi connectivity index (χ1n) is 7.99. The van der Waals surface area contributed by atoms with Gasteiger partial charge in [0.1, 0.15) is 0 Å². The van der Waals surface area contributed by atoms with E-state index in [1.807, 2.05) is 0 Å². The molecule has 2 nitrogen and oxygen atoms in total. The molecule has 1 aromatic rings. The molecule has 4 rings (SSSR count). The van der Waals surface area contributed by atoms with Gasteiger partial charge in [-0.25, -0.2) is 0 Å². The van der Waals surface area contributed by atoms with E-state index in [4.69, 9.17) is 5.73 Å². The van der Waals surface area contributed by atoms with Gasteiger partial charge in [-0.15, -0.1) is 0 Å². The summed E-state index contributed by atoms with van der Waals surface area (Å²) in [6.45, 7) is 1.25. The molecule has 1 heterocycles. The molecule has 1 fully saturated rings. The zero-order chi connectivity index (χ0) is 12.8. The van der Waals surface area contributed by atoms with Crippen molar-refractivity contribution in [3.05, 3.63) is 29.3 Å². The number of anilines is 1. The first-order valence-corrected chi connectivity index (χ1v) is 7.99. The third kappa shape index (κ3) is 1.80. The molecule has 1 saturated carbocycles. The number of nitrogens with two attached hydrogens (primary N) is 1. The van der Waals surface area contributed by atoms with Crippen molar-refractivity contribution >= 4 is 5.69 Å². The van der Waals surface area contributed by atoms with Crippen LogP contribution in [0.2, 0.25) is 0 Å². The van der Waals surface area contributed by atoms with Gasteiger partial charge in [-0.3, -0.25) is 0 Å². The minimum atomic E-state index is 0.284. The molecule has 2 unspecified atom stereocenters. The topological polar surface area (TPSA) is 29.3 Å². The highest BCUT2D eigenvalue weighted by Gasteiger charge is 2.37. The van der Waals surface area contributed by atoms with E-state index in [2.05, 4.69) is 23.1 Å². The molecule has 19 heavy (non-hydrogen) atoms. The van der Waals surface area contributed by atoms with Gasteiger partial charge in [-0.2, -0.15) is 0 Å². The van der Waals surface area contributed by atoms with Crippen LogP contribution in [0, 0.1) is 0 Å². The summed E-state index contributed by atoms with van der Waals surface area (Å²) in [5.74, 6) is 0.737. The maximum Gasteiger partial charge on any atom is 0.0407 e. The van der Waals surface area contributed by atoms with Gasteiger partial charge in [-0.1, -0.05) is 31.4 Å². The lowest BCUT2D eigenvalue weighted by Gasteiger charge is -2.41. The molecule has 2 aliphatic carbocycles. The standard InChI is InChI=1S/C17H24N2/c18-15-11-12-9-10-19(13-5-2-1-3-6-13)16-8-4-7-14(15)17(12)16/h4,7-8,12-13,15H,1-3,5-6,9-11,18H2. The molecule has 0 saturated heterocycles. The number of benzene rings is 1. The lowest BCUT2D eigenvalue weighted by Crippen LogP contribution is -2.40. The fourth-order valence-corrected chi connectivity index (χ4v) is 4.59. The molecule has 0 radical (unpaired) electrons. The Balaban J connectivity index is 1.73. The van der Waals surface area contributed by atoms with Crippen molar-refractivity contribution < 1.29 is 0 Å². The van der Waals surface area contributed by atoms with Gasteiger partial charge in [0.25, 0.3) is 0 Å². The van der Waals surface area contributed by atoms with E-state index in [9.17, 15) is 0 Å². The molecule has 102 valence electrons. The molecule has 3 aliphatic rings. The highest BCUT2D eigenvalue weighted by atomic mass is 15.2. The van der Waals surface area contributed by atoms with Crippen molar-refractivity contribution in [2.75, 3.05) is 11.4 Å². The summed E-state index contributed by atoms with van der Waals surface area (Å²) < 4.78 is 0. The van der Waals surface area contributed by atoms with Crippen LogP contribution in [0.15, 0.2) is 18.2 Å². The van der Waals surface area contributed by atoms with Crippen LogP contribution in [-0.2, 0) is 0 Å². The Labute approximate surface area is 116 Å². The summed E-state index contributed by atoms with van der Waals surface area (Å²) in [5, 5.41) is 0. The van der Waals surface area contributed by atoms with E-state index in [-0.39, 0.29) is 6.04 Å². The predicted octanol–water partition coefficient (Wildman–Crippen LogP) is 3.72. The van der Waals surface area contributed by atoms with Crippen molar-refractivity contribution in [3.63, 3.8) is 0 Å². The first-order chi connectivity index (χ1) is 9.34. The van der Waals surface area contributed by atoms with Gasteiger partial charge < -0.3 is 10.6 Å². The van der Waals surface area contributed by atoms with Gasteiger partial charge in [-0.05, 0) is 48.8 Å². The highest BCUT2D eigenvalue weighted by molar-refractivity contribution is 5.63. The maximum absolute atomic E-state index is 6.31. The Kier molecular flexibility index (Phi) is 2.80. The molecule has 0 amide bonds. The third-order valence-corrected chi connectivity index (χ3v) is 5.51. The van der Waals surface area contributed by atoms with E-state index < -0.39 is 0 Å². The minimum Gasteiger partial charge on any atom is -0.368 e. The average molecular weight is 256 g/mol. The van der Waals surface area contributed by atoms with Gasteiger partial charge in [0.2, 0.25) is 0 Å². The van der Waals surface area contributed by atoms with Gasteiger partial charge in [0, 0.05) is 24.3 Å². The Hall–Kier alpha value is -1.02. The number of hydrogen-bond donors (Lipinski definition) is 1. The normalized spacial score (nSPS) is 30.5. The lowest BCUT2D eigenvalue weighted by atomic mass is 9.87. The largest absolute Gasteiger partial charge is 0.368 e. The van der Waals surface area contributed by atoms with Crippen molar-refractivity contribution in [1.82, 2.24) is 0 Å². The summed E-state index contributed by atoms with van der Waals surface area (Å²) in [7, 11) is 0.